The molecule has 1 fully saturated rings. The molecule has 0 aromatic carbocycles. The molecule has 7 heteroatoms. The zero-order valence-corrected chi connectivity index (χ0v) is 12.7. The van der Waals surface area contributed by atoms with Crippen molar-refractivity contribution in [3.63, 3.8) is 0 Å². The summed E-state index contributed by atoms with van der Waals surface area (Å²) in [5.74, 6) is 0.134. The van der Waals surface area contributed by atoms with Gasteiger partial charge in [-0.15, -0.1) is 36.2 Å². The molecule has 2 rings (SSSR count). The van der Waals surface area contributed by atoms with Crippen LogP contribution in [0.25, 0.3) is 0 Å². The lowest BCUT2D eigenvalue weighted by Gasteiger charge is -2.32. The summed E-state index contributed by atoms with van der Waals surface area (Å²) in [6.07, 6.45) is 3.79. The van der Waals surface area contributed by atoms with E-state index >= 15 is 0 Å². The topological polar surface area (TPSA) is 54.0 Å². The van der Waals surface area contributed by atoms with Crippen LogP contribution in [0.2, 0.25) is 0 Å². The molecule has 0 aliphatic carbocycles. The highest BCUT2D eigenvalue weighted by Crippen LogP contribution is 2.25. The van der Waals surface area contributed by atoms with Crippen LogP contribution < -0.4 is 10.6 Å². The van der Waals surface area contributed by atoms with Crippen molar-refractivity contribution in [3.05, 3.63) is 16.6 Å². The smallest absolute Gasteiger partial charge is 0.227 e. The van der Waals surface area contributed by atoms with Crippen LogP contribution in [0.3, 0.4) is 0 Å². The van der Waals surface area contributed by atoms with Crippen molar-refractivity contribution in [2.75, 3.05) is 13.1 Å². The van der Waals surface area contributed by atoms with E-state index in [9.17, 15) is 4.79 Å². The third-order valence-electron chi connectivity index (χ3n) is 3.03. The number of nitrogens with zero attached hydrogens (tertiary/aromatic N) is 1. The highest BCUT2D eigenvalue weighted by atomic mass is 35.5. The number of halogens is 2. The highest BCUT2D eigenvalue weighted by Gasteiger charge is 2.34. The van der Waals surface area contributed by atoms with Gasteiger partial charge in [0.1, 0.15) is 5.01 Å². The van der Waals surface area contributed by atoms with Gasteiger partial charge in [0, 0.05) is 18.1 Å². The summed E-state index contributed by atoms with van der Waals surface area (Å²) < 4.78 is 0. The standard InChI is InChI=1S/C11H17N3OS.2ClH/c1-11(3-2-4-12-8-11)10(15)14-7-9-13-5-6-16-9;;/h5-6,12H,2-4,7-8H2,1H3,(H,14,15);2*1H. The van der Waals surface area contributed by atoms with Crippen molar-refractivity contribution in [3.8, 4) is 0 Å². The highest BCUT2D eigenvalue weighted by molar-refractivity contribution is 7.09. The van der Waals surface area contributed by atoms with Gasteiger partial charge in [-0.05, 0) is 26.3 Å². The summed E-state index contributed by atoms with van der Waals surface area (Å²) in [4.78, 5) is 16.2. The fourth-order valence-electron chi connectivity index (χ4n) is 1.96. The van der Waals surface area contributed by atoms with E-state index < -0.39 is 0 Å². The summed E-state index contributed by atoms with van der Waals surface area (Å²) in [6, 6.07) is 0. The fourth-order valence-corrected chi connectivity index (χ4v) is 2.52. The average Bonchev–Trinajstić information content (AvgIpc) is 2.79. The molecule has 0 radical (unpaired) electrons. The van der Waals surface area contributed by atoms with Crippen LogP contribution in [-0.4, -0.2) is 24.0 Å². The average molecular weight is 312 g/mol. The van der Waals surface area contributed by atoms with Crippen molar-refractivity contribution in [1.29, 1.82) is 0 Å². The second kappa shape index (κ2) is 7.94. The zero-order chi connectivity index (χ0) is 11.4. The van der Waals surface area contributed by atoms with Crippen LogP contribution in [0.5, 0.6) is 0 Å². The van der Waals surface area contributed by atoms with Crippen LogP contribution in [-0.2, 0) is 11.3 Å². The van der Waals surface area contributed by atoms with Gasteiger partial charge in [0.2, 0.25) is 5.91 Å². The SMILES string of the molecule is CC1(C(=O)NCc2nccs2)CCCNC1.Cl.Cl. The first kappa shape index (κ1) is 17.6. The molecule has 0 spiro atoms. The molecule has 0 bridgehead atoms. The van der Waals surface area contributed by atoms with E-state index in [0.29, 0.717) is 6.54 Å². The molecule has 4 nitrogen and oxygen atoms in total. The van der Waals surface area contributed by atoms with Crippen LogP contribution in [0.1, 0.15) is 24.8 Å². The molecule has 1 atom stereocenters. The van der Waals surface area contributed by atoms with Gasteiger partial charge in [-0.25, -0.2) is 4.98 Å². The first-order chi connectivity index (χ1) is 7.71. The Morgan fingerprint density at radius 1 is 1.61 bits per heavy atom. The Bertz CT molecular complexity index is 353. The molecule has 0 saturated carbocycles. The Balaban J connectivity index is 0.00000144. The maximum atomic E-state index is 12.0. The third kappa shape index (κ3) is 4.39. The first-order valence-corrected chi connectivity index (χ1v) is 6.46. The van der Waals surface area contributed by atoms with Gasteiger partial charge >= 0.3 is 0 Å². The zero-order valence-electron chi connectivity index (χ0n) is 10.3. The number of piperidine rings is 1. The largest absolute Gasteiger partial charge is 0.349 e. The molecule has 1 aromatic rings. The normalized spacial score (nSPS) is 22.5. The van der Waals surface area contributed by atoms with Gasteiger partial charge in [0.05, 0.1) is 12.0 Å². The van der Waals surface area contributed by atoms with E-state index in [1.54, 1.807) is 17.5 Å². The van der Waals surface area contributed by atoms with Crippen LogP contribution in [0, 0.1) is 5.41 Å². The number of nitrogens with one attached hydrogen (secondary N) is 2. The number of hydrogen-bond acceptors (Lipinski definition) is 4. The number of carbonyl (C=O) groups is 1. The number of rotatable bonds is 3. The molecular formula is C11H19Cl2N3OS. The Kier molecular flexibility index (Phi) is 7.78. The van der Waals surface area contributed by atoms with Crippen molar-refractivity contribution < 1.29 is 4.79 Å². The summed E-state index contributed by atoms with van der Waals surface area (Å²) in [6.45, 7) is 4.37. The molecule has 104 valence electrons. The van der Waals surface area contributed by atoms with E-state index in [4.69, 9.17) is 0 Å². The quantitative estimate of drug-likeness (QED) is 0.897. The lowest BCUT2D eigenvalue weighted by atomic mass is 9.82. The summed E-state index contributed by atoms with van der Waals surface area (Å²) in [5, 5.41) is 9.12. The number of hydrogen-bond donors (Lipinski definition) is 2. The summed E-state index contributed by atoms with van der Waals surface area (Å²) in [5.41, 5.74) is -0.254. The number of aromatic nitrogens is 1. The Hall–Kier alpha value is -0.360. The van der Waals surface area contributed by atoms with Gasteiger partial charge < -0.3 is 10.6 Å². The molecule has 2 N–H and O–H groups in total. The van der Waals surface area contributed by atoms with E-state index in [1.165, 1.54) is 0 Å². The number of thiazole rings is 1. The molecule has 18 heavy (non-hydrogen) atoms. The van der Waals surface area contributed by atoms with Gasteiger partial charge in [-0.3, -0.25) is 4.79 Å². The fraction of sp³-hybridized carbons (Fsp3) is 0.636. The Labute approximate surface area is 124 Å². The van der Waals surface area contributed by atoms with Crippen LogP contribution in [0.15, 0.2) is 11.6 Å². The lowest BCUT2D eigenvalue weighted by Crippen LogP contribution is -2.48. The number of amides is 1. The maximum absolute atomic E-state index is 12.0. The molecule has 1 aliphatic heterocycles. The summed E-state index contributed by atoms with van der Waals surface area (Å²) in [7, 11) is 0. The predicted octanol–water partition coefficient (Wildman–Crippen LogP) is 1.99. The van der Waals surface area contributed by atoms with Gasteiger partial charge in [0.25, 0.3) is 0 Å². The van der Waals surface area contributed by atoms with Crippen molar-refractivity contribution in [2.24, 2.45) is 5.41 Å². The van der Waals surface area contributed by atoms with E-state index in [-0.39, 0.29) is 36.1 Å². The minimum absolute atomic E-state index is 0. The molecule has 1 aliphatic rings. The number of carbonyl (C=O) groups excluding carboxylic acids is 1. The van der Waals surface area contributed by atoms with Crippen molar-refractivity contribution in [1.82, 2.24) is 15.6 Å². The monoisotopic (exact) mass is 311 g/mol. The Morgan fingerprint density at radius 2 is 2.39 bits per heavy atom. The molecule has 1 aromatic heterocycles. The van der Waals surface area contributed by atoms with Gasteiger partial charge in [0.15, 0.2) is 0 Å². The Morgan fingerprint density at radius 3 is 2.94 bits per heavy atom. The van der Waals surface area contributed by atoms with E-state index in [0.717, 1.165) is 30.9 Å². The minimum Gasteiger partial charge on any atom is -0.349 e. The second-order valence-electron chi connectivity index (χ2n) is 4.45. The minimum atomic E-state index is -0.254. The van der Waals surface area contributed by atoms with Crippen LogP contribution >= 0.6 is 36.2 Å². The lowest BCUT2D eigenvalue weighted by molar-refractivity contribution is -0.131. The van der Waals surface area contributed by atoms with Gasteiger partial charge in [-0.1, -0.05) is 0 Å². The van der Waals surface area contributed by atoms with Gasteiger partial charge in [-0.2, -0.15) is 0 Å². The first-order valence-electron chi connectivity index (χ1n) is 5.58. The van der Waals surface area contributed by atoms with Crippen molar-refractivity contribution in [2.45, 2.75) is 26.3 Å². The van der Waals surface area contributed by atoms with Crippen molar-refractivity contribution >= 4 is 42.1 Å². The molecule has 1 amide bonds. The van der Waals surface area contributed by atoms with E-state index in [1.807, 2.05) is 12.3 Å². The van der Waals surface area contributed by atoms with Crippen LogP contribution in [0.4, 0.5) is 0 Å². The predicted molar refractivity (Wildman–Crippen MR) is 78.7 cm³/mol. The third-order valence-corrected chi connectivity index (χ3v) is 3.81. The molecular weight excluding hydrogens is 293 g/mol. The summed E-state index contributed by atoms with van der Waals surface area (Å²) >= 11 is 1.57. The molecule has 2 heterocycles. The second-order valence-corrected chi connectivity index (χ2v) is 5.43. The van der Waals surface area contributed by atoms with E-state index in [2.05, 4.69) is 15.6 Å². The molecule has 1 saturated heterocycles. The molecule has 1 unspecified atom stereocenters. The maximum Gasteiger partial charge on any atom is 0.227 e.